The summed E-state index contributed by atoms with van der Waals surface area (Å²) in [7, 11) is 1.66. The Bertz CT molecular complexity index is 704. The van der Waals surface area contributed by atoms with Gasteiger partial charge in [0.05, 0.1) is 24.9 Å². The fraction of sp³-hybridized carbons (Fsp3) is 0.562. The molecule has 7 nitrogen and oxygen atoms in total. The second kappa shape index (κ2) is 5.81. The van der Waals surface area contributed by atoms with Crippen molar-refractivity contribution in [1.29, 1.82) is 0 Å². The molecule has 1 atom stereocenters. The summed E-state index contributed by atoms with van der Waals surface area (Å²) in [5.74, 6) is 1.18. The summed E-state index contributed by atoms with van der Waals surface area (Å²) in [6.07, 6.45) is 4.83. The van der Waals surface area contributed by atoms with Crippen molar-refractivity contribution in [2.24, 2.45) is 0 Å². The molecule has 2 aliphatic rings. The number of rotatable bonds is 4. The number of hydrogen-bond donors (Lipinski definition) is 0. The molecule has 2 aromatic heterocycles. The zero-order valence-corrected chi connectivity index (χ0v) is 13.1. The third kappa shape index (κ3) is 2.76. The largest absolute Gasteiger partial charge is 0.383 e. The van der Waals surface area contributed by atoms with Gasteiger partial charge in [-0.3, -0.25) is 9.48 Å². The van der Waals surface area contributed by atoms with Gasteiger partial charge in [-0.25, -0.2) is 0 Å². The van der Waals surface area contributed by atoms with Gasteiger partial charge in [-0.15, -0.1) is 0 Å². The van der Waals surface area contributed by atoms with Crippen LogP contribution in [0.15, 0.2) is 22.9 Å². The van der Waals surface area contributed by atoms with Gasteiger partial charge >= 0.3 is 0 Å². The summed E-state index contributed by atoms with van der Waals surface area (Å²) < 4.78 is 12.6. The van der Waals surface area contributed by atoms with Gasteiger partial charge in [0.2, 0.25) is 0 Å². The molecule has 2 aromatic rings. The van der Waals surface area contributed by atoms with Crippen molar-refractivity contribution in [3.05, 3.63) is 35.5 Å². The van der Waals surface area contributed by atoms with Crippen molar-refractivity contribution < 1.29 is 14.1 Å². The van der Waals surface area contributed by atoms with Gasteiger partial charge in [0.1, 0.15) is 5.76 Å². The summed E-state index contributed by atoms with van der Waals surface area (Å²) in [4.78, 5) is 14.8. The number of fused-ring (bicyclic) bond motifs is 1. The summed E-state index contributed by atoms with van der Waals surface area (Å²) in [6.45, 7) is 1.80. The lowest BCUT2D eigenvalue weighted by Crippen LogP contribution is -2.41. The van der Waals surface area contributed by atoms with Crippen LogP contribution in [0.1, 0.15) is 47.1 Å². The van der Waals surface area contributed by atoms with Gasteiger partial charge in [-0.2, -0.15) is 5.10 Å². The predicted molar refractivity (Wildman–Crippen MR) is 80.9 cm³/mol. The molecule has 0 radical (unpaired) electrons. The first-order valence-corrected chi connectivity index (χ1v) is 8.03. The zero-order valence-electron chi connectivity index (χ0n) is 13.1. The number of aryl methyl sites for hydroxylation is 1. The Kier molecular flexibility index (Phi) is 3.65. The van der Waals surface area contributed by atoms with E-state index < -0.39 is 0 Å². The molecule has 1 amide bonds. The number of amides is 1. The maximum atomic E-state index is 12.9. The van der Waals surface area contributed by atoms with Crippen LogP contribution in [0.5, 0.6) is 0 Å². The minimum absolute atomic E-state index is 0.00951. The predicted octanol–water partition coefficient (Wildman–Crippen LogP) is 1.81. The highest BCUT2D eigenvalue weighted by Gasteiger charge is 2.33. The highest BCUT2D eigenvalue weighted by molar-refractivity contribution is 5.92. The second-order valence-corrected chi connectivity index (χ2v) is 6.27. The van der Waals surface area contributed by atoms with Crippen LogP contribution in [-0.2, 0) is 17.8 Å². The first kappa shape index (κ1) is 14.4. The molecule has 0 aromatic carbocycles. The van der Waals surface area contributed by atoms with Crippen LogP contribution < -0.4 is 0 Å². The topological polar surface area (TPSA) is 73.4 Å². The molecule has 4 rings (SSSR count). The Balaban J connectivity index is 1.60. The van der Waals surface area contributed by atoms with Gasteiger partial charge in [0.25, 0.3) is 5.91 Å². The number of hydrogen-bond acceptors (Lipinski definition) is 5. The third-order valence-electron chi connectivity index (χ3n) is 4.60. The van der Waals surface area contributed by atoms with Crippen molar-refractivity contribution in [3.8, 4) is 0 Å². The average molecular weight is 316 g/mol. The Morgan fingerprint density at radius 2 is 2.30 bits per heavy atom. The summed E-state index contributed by atoms with van der Waals surface area (Å²) in [5, 5.41) is 8.31. The first-order chi connectivity index (χ1) is 11.3. The number of methoxy groups -OCH3 is 1. The summed E-state index contributed by atoms with van der Waals surface area (Å²) in [6, 6.07) is 3.76. The van der Waals surface area contributed by atoms with Crippen LogP contribution in [0.25, 0.3) is 0 Å². The number of carbonyl (C=O) groups excluding carboxylic acids is 1. The smallest absolute Gasteiger partial charge is 0.276 e. The minimum atomic E-state index is -0.0997. The molecule has 0 spiro atoms. The van der Waals surface area contributed by atoms with E-state index in [1.165, 1.54) is 0 Å². The third-order valence-corrected chi connectivity index (χ3v) is 4.60. The maximum absolute atomic E-state index is 12.9. The van der Waals surface area contributed by atoms with Crippen LogP contribution in [0.3, 0.4) is 0 Å². The number of carbonyl (C=O) groups is 1. The molecular weight excluding hydrogens is 296 g/mol. The second-order valence-electron chi connectivity index (χ2n) is 6.27. The molecular formula is C16H20N4O3. The van der Waals surface area contributed by atoms with Crippen LogP contribution in [0, 0.1) is 0 Å². The van der Waals surface area contributed by atoms with E-state index in [-0.39, 0.29) is 11.9 Å². The fourth-order valence-electron chi connectivity index (χ4n) is 3.13. The van der Waals surface area contributed by atoms with E-state index in [1.807, 2.05) is 15.6 Å². The molecule has 7 heteroatoms. The molecule has 1 saturated carbocycles. The number of aromatic nitrogens is 3. The van der Waals surface area contributed by atoms with Crippen LogP contribution in [0.4, 0.5) is 0 Å². The molecule has 3 heterocycles. The average Bonchev–Trinajstić information content (AvgIpc) is 3.17. The van der Waals surface area contributed by atoms with E-state index in [2.05, 4.69) is 10.3 Å². The molecule has 0 bridgehead atoms. The van der Waals surface area contributed by atoms with E-state index in [1.54, 1.807) is 19.4 Å². The van der Waals surface area contributed by atoms with Crippen LogP contribution >= 0.6 is 0 Å². The molecule has 0 N–H and O–H groups in total. The molecule has 0 saturated heterocycles. The summed E-state index contributed by atoms with van der Waals surface area (Å²) in [5.41, 5.74) is 1.42. The normalized spacial score (nSPS) is 21.1. The molecule has 1 fully saturated rings. The van der Waals surface area contributed by atoms with Crippen LogP contribution in [0.2, 0.25) is 0 Å². The maximum Gasteiger partial charge on any atom is 0.276 e. The Morgan fingerprint density at radius 3 is 3.09 bits per heavy atom. The van der Waals surface area contributed by atoms with Crippen molar-refractivity contribution >= 4 is 5.91 Å². The van der Waals surface area contributed by atoms with E-state index in [4.69, 9.17) is 9.26 Å². The van der Waals surface area contributed by atoms with Gasteiger partial charge in [-0.1, -0.05) is 5.16 Å². The SMILES string of the molecule is COC[C@H]1CCn2nccc2CN1C(=O)c1cc(C2CC2)on1. The summed E-state index contributed by atoms with van der Waals surface area (Å²) >= 11 is 0. The van der Waals surface area contributed by atoms with Crippen molar-refractivity contribution in [1.82, 2.24) is 19.8 Å². The molecule has 1 aliphatic carbocycles. The fourth-order valence-corrected chi connectivity index (χ4v) is 3.13. The van der Waals surface area contributed by atoms with Crippen molar-refractivity contribution in [2.45, 2.75) is 44.3 Å². The van der Waals surface area contributed by atoms with E-state index in [0.717, 1.165) is 37.3 Å². The van der Waals surface area contributed by atoms with Gasteiger partial charge in [0.15, 0.2) is 5.69 Å². The Morgan fingerprint density at radius 1 is 1.43 bits per heavy atom. The van der Waals surface area contributed by atoms with Gasteiger partial charge in [-0.05, 0) is 25.3 Å². The molecule has 23 heavy (non-hydrogen) atoms. The van der Waals surface area contributed by atoms with Crippen molar-refractivity contribution in [3.63, 3.8) is 0 Å². The monoisotopic (exact) mass is 316 g/mol. The number of nitrogens with zero attached hydrogens (tertiary/aromatic N) is 4. The highest BCUT2D eigenvalue weighted by atomic mass is 16.5. The molecule has 1 aliphatic heterocycles. The molecule has 0 unspecified atom stereocenters. The Labute approximate surface area is 134 Å². The number of ether oxygens (including phenoxy) is 1. The lowest BCUT2D eigenvalue weighted by molar-refractivity contribution is 0.0493. The van der Waals surface area contributed by atoms with E-state index in [9.17, 15) is 4.79 Å². The van der Waals surface area contributed by atoms with E-state index >= 15 is 0 Å². The lowest BCUT2D eigenvalue weighted by Gasteiger charge is -2.28. The zero-order chi connectivity index (χ0) is 15.8. The standard InChI is InChI=1S/C16H20N4O3/c1-22-10-13-5-7-20-12(4-6-17-20)9-19(13)16(21)14-8-15(23-18-14)11-2-3-11/h4,6,8,11,13H,2-3,5,7,9-10H2,1H3/t13-/m1/s1. The lowest BCUT2D eigenvalue weighted by atomic mass is 10.1. The molecule has 122 valence electrons. The quantitative estimate of drug-likeness (QED) is 0.860. The minimum Gasteiger partial charge on any atom is -0.383 e. The first-order valence-electron chi connectivity index (χ1n) is 8.03. The van der Waals surface area contributed by atoms with Crippen molar-refractivity contribution in [2.75, 3.05) is 13.7 Å². The van der Waals surface area contributed by atoms with Crippen LogP contribution in [-0.4, -0.2) is 45.5 Å². The van der Waals surface area contributed by atoms with Gasteiger partial charge in [0, 0.05) is 31.8 Å². The van der Waals surface area contributed by atoms with E-state index in [0.29, 0.717) is 24.8 Å². The van der Waals surface area contributed by atoms with Gasteiger partial charge < -0.3 is 14.2 Å². The Hall–Kier alpha value is -2.15. The highest BCUT2D eigenvalue weighted by Crippen LogP contribution is 2.40.